The van der Waals surface area contributed by atoms with Crippen LogP contribution in [0.1, 0.15) is 5.56 Å². The molecule has 0 fully saturated rings. The molecule has 0 unspecified atom stereocenters. The Morgan fingerprint density at radius 2 is 1.94 bits per heavy atom. The third-order valence-corrected chi connectivity index (χ3v) is 2.71. The molecule has 0 aliphatic carbocycles. The first-order chi connectivity index (χ1) is 8.45. The van der Waals surface area contributed by atoms with Crippen molar-refractivity contribution in [3.8, 4) is 0 Å². The SMILES string of the molecule is CN(C)CCN(C)c1ccc(CO)cc1[N+](=O)[O-]. The van der Waals surface area contributed by atoms with Gasteiger partial charge in [-0.3, -0.25) is 10.1 Å². The van der Waals surface area contributed by atoms with Crippen LogP contribution in [0.4, 0.5) is 11.4 Å². The topological polar surface area (TPSA) is 69.8 Å². The zero-order valence-electron chi connectivity index (χ0n) is 11.0. The van der Waals surface area contributed by atoms with Crippen LogP contribution in [0.25, 0.3) is 0 Å². The summed E-state index contributed by atoms with van der Waals surface area (Å²) in [5, 5.41) is 20.0. The van der Waals surface area contributed by atoms with Crippen molar-refractivity contribution in [2.45, 2.75) is 6.61 Å². The number of nitro benzene ring substituents is 1. The van der Waals surface area contributed by atoms with Crippen LogP contribution in [0.5, 0.6) is 0 Å². The predicted octanol–water partition coefficient (Wildman–Crippen LogP) is 1.08. The van der Waals surface area contributed by atoms with Gasteiger partial charge in [0.2, 0.25) is 0 Å². The summed E-state index contributed by atoms with van der Waals surface area (Å²) in [6.07, 6.45) is 0. The lowest BCUT2D eigenvalue weighted by atomic mass is 10.1. The molecule has 0 saturated carbocycles. The van der Waals surface area contributed by atoms with E-state index in [0.29, 0.717) is 17.8 Å². The Balaban J connectivity index is 2.96. The number of likely N-dealkylation sites (N-methyl/N-ethyl adjacent to an activating group) is 2. The molecule has 1 rings (SSSR count). The van der Waals surface area contributed by atoms with E-state index >= 15 is 0 Å². The van der Waals surface area contributed by atoms with E-state index in [1.54, 1.807) is 12.1 Å². The number of benzene rings is 1. The van der Waals surface area contributed by atoms with Crippen molar-refractivity contribution < 1.29 is 10.0 Å². The largest absolute Gasteiger partial charge is 0.392 e. The van der Waals surface area contributed by atoms with Crippen molar-refractivity contribution in [1.29, 1.82) is 0 Å². The second kappa shape index (κ2) is 6.32. The van der Waals surface area contributed by atoms with E-state index in [0.717, 1.165) is 6.54 Å². The van der Waals surface area contributed by atoms with Crippen LogP contribution >= 0.6 is 0 Å². The number of aliphatic hydroxyl groups excluding tert-OH is 1. The van der Waals surface area contributed by atoms with E-state index in [1.807, 2.05) is 30.9 Å². The van der Waals surface area contributed by atoms with Gasteiger partial charge in [0, 0.05) is 26.2 Å². The molecular formula is C12H19N3O3. The highest BCUT2D eigenvalue weighted by Gasteiger charge is 2.17. The van der Waals surface area contributed by atoms with Crippen LogP contribution in [-0.2, 0) is 6.61 Å². The van der Waals surface area contributed by atoms with Gasteiger partial charge in [-0.2, -0.15) is 0 Å². The van der Waals surface area contributed by atoms with Crippen LogP contribution in [0.3, 0.4) is 0 Å². The van der Waals surface area contributed by atoms with Crippen LogP contribution in [0, 0.1) is 10.1 Å². The molecule has 1 aromatic rings. The number of hydrogen-bond acceptors (Lipinski definition) is 5. The number of rotatable bonds is 6. The molecular weight excluding hydrogens is 234 g/mol. The second-order valence-corrected chi connectivity index (χ2v) is 4.46. The van der Waals surface area contributed by atoms with E-state index < -0.39 is 4.92 Å². The highest BCUT2D eigenvalue weighted by Crippen LogP contribution is 2.28. The maximum absolute atomic E-state index is 11.0. The Kier molecular flexibility index (Phi) is 5.06. The monoisotopic (exact) mass is 253 g/mol. The minimum Gasteiger partial charge on any atom is -0.392 e. The van der Waals surface area contributed by atoms with Crippen molar-refractivity contribution in [1.82, 2.24) is 4.90 Å². The molecule has 18 heavy (non-hydrogen) atoms. The third-order valence-electron chi connectivity index (χ3n) is 2.71. The summed E-state index contributed by atoms with van der Waals surface area (Å²) in [5.41, 5.74) is 1.15. The molecule has 0 aliphatic heterocycles. The molecule has 0 saturated heterocycles. The van der Waals surface area contributed by atoms with Gasteiger partial charge in [0.25, 0.3) is 5.69 Å². The van der Waals surface area contributed by atoms with Crippen LogP contribution in [0.15, 0.2) is 18.2 Å². The van der Waals surface area contributed by atoms with Gasteiger partial charge in [-0.25, -0.2) is 0 Å². The molecule has 1 N–H and O–H groups in total. The first-order valence-corrected chi connectivity index (χ1v) is 5.69. The molecule has 0 bridgehead atoms. The molecule has 100 valence electrons. The minimum absolute atomic E-state index is 0.0304. The van der Waals surface area contributed by atoms with Crippen LogP contribution < -0.4 is 4.90 Å². The number of aliphatic hydroxyl groups is 1. The van der Waals surface area contributed by atoms with Crippen molar-refractivity contribution in [2.75, 3.05) is 39.1 Å². The molecule has 0 aliphatic rings. The number of nitrogens with zero attached hydrogens (tertiary/aromatic N) is 3. The van der Waals surface area contributed by atoms with E-state index in [-0.39, 0.29) is 12.3 Å². The summed E-state index contributed by atoms with van der Waals surface area (Å²) in [6, 6.07) is 4.80. The van der Waals surface area contributed by atoms with Crippen LogP contribution in [0.2, 0.25) is 0 Å². The quantitative estimate of drug-likeness (QED) is 0.607. The van der Waals surface area contributed by atoms with Gasteiger partial charge in [0.15, 0.2) is 0 Å². The first kappa shape index (κ1) is 14.4. The molecule has 0 spiro atoms. The zero-order chi connectivity index (χ0) is 13.7. The molecule has 0 radical (unpaired) electrons. The smallest absolute Gasteiger partial charge is 0.292 e. The van der Waals surface area contributed by atoms with E-state index in [9.17, 15) is 10.1 Å². The zero-order valence-corrected chi connectivity index (χ0v) is 11.0. The maximum atomic E-state index is 11.0. The molecule has 6 nitrogen and oxygen atoms in total. The lowest BCUT2D eigenvalue weighted by molar-refractivity contribution is -0.384. The Morgan fingerprint density at radius 1 is 1.28 bits per heavy atom. The summed E-state index contributed by atoms with van der Waals surface area (Å²) in [4.78, 5) is 14.5. The predicted molar refractivity (Wildman–Crippen MR) is 70.8 cm³/mol. The van der Waals surface area contributed by atoms with E-state index in [1.165, 1.54) is 6.07 Å². The average Bonchev–Trinajstić information content (AvgIpc) is 2.34. The fourth-order valence-electron chi connectivity index (χ4n) is 1.61. The molecule has 0 aromatic heterocycles. The normalized spacial score (nSPS) is 10.7. The standard InChI is InChI=1S/C12H19N3O3/c1-13(2)6-7-14(3)11-5-4-10(9-16)8-12(11)15(17)18/h4-5,8,16H,6-7,9H2,1-3H3. The molecule has 0 amide bonds. The summed E-state index contributed by atoms with van der Waals surface area (Å²) >= 11 is 0. The highest BCUT2D eigenvalue weighted by molar-refractivity contribution is 5.64. The second-order valence-electron chi connectivity index (χ2n) is 4.46. The Bertz CT molecular complexity index is 421. The van der Waals surface area contributed by atoms with Gasteiger partial charge < -0.3 is 14.9 Å². The van der Waals surface area contributed by atoms with Gasteiger partial charge in [-0.1, -0.05) is 6.07 Å². The van der Waals surface area contributed by atoms with E-state index in [4.69, 9.17) is 5.11 Å². The molecule has 0 heterocycles. The fraction of sp³-hybridized carbons (Fsp3) is 0.500. The lowest BCUT2D eigenvalue weighted by Gasteiger charge is -2.21. The maximum Gasteiger partial charge on any atom is 0.292 e. The van der Waals surface area contributed by atoms with Gasteiger partial charge in [0.1, 0.15) is 5.69 Å². The van der Waals surface area contributed by atoms with Gasteiger partial charge in [-0.15, -0.1) is 0 Å². The van der Waals surface area contributed by atoms with Gasteiger partial charge in [-0.05, 0) is 25.7 Å². The minimum atomic E-state index is -0.416. The Morgan fingerprint density at radius 3 is 2.44 bits per heavy atom. The van der Waals surface area contributed by atoms with E-state index in [2.05, 4.69) is 0 Å². The Labute approximate surface area is 107 Å². The molecule has 0 atom stereocenters. The molecule has 1 aromatic carbocycles. The average molecular weight is 253 g/mol. The number of anilines is 1. The van der Waals surface area contributed by atoms with Gasteiger partial charge >= 0.3 is 0 Å². The summed E-state index contributed by atoms with van der Waals surface area (Å²) < 4.78 is 0. The lowest BCUT2D eigenvalue weighted by Crippen LogP contribution is -2.28. The number of hydrogen-bond donors (Lipinski definition) is 1. The Hall–Kier alpha value is -1.66. The van der Waals surface area contributed by atoms with Crippen molar-refractivity contribution in [2.24, 2.45) is 0 Å². The number of nitro groups is 1. The summed E-state index contributed by atoms with van der Waals surface area (Å²) in [7, 11) is 5.73. The van der Waals surface area contributed by atoms with Crippen molar-refractivity contribution in [3.05, 3.63) is 33.9 Å². The fourth-order valence-corrected chi connectivity index (χ4v) is 1.61. The van der Waals surface area contributed by atoms with Crippen molar-refractivity contribution >= 4 is 11.4 Å². The summed E-state index contributed by atoms with van der Waals surface area (Å²) in [5.74, 6) is 0. The van der Waals surface area contributed by atoms with Gasteiger partial charge in [0.05, 0.1) is 11.5 Å². The first-order valence-electron chi connectivity index (χ1n) is 5.69. The van der Waals surface area contributed by atoms with Crippen LogP contribution in [-0.4, -0.2) is 49.2 Å². The highest BCUT2D eigenvalue weighted by atomic mass is 16.6. The molecule has 6 heteroatoms. The van der Waals surface area contributed by atoms with Crippen molar-refractivity contribution in [3.63, 3.8) is 0 Å². The summed E-state index contributed by atoms with van der Waals surface area (Å²) in [6.45, 7) is 1.32. The third kappa shape index (κ3) is 3.68.